The average molecular weight is 278 g/mol. The molecule has 110 valence electrons. The molecule has 0 aromatic carbocycles. The molecule has 0 unspecified atom stereocenters. The van der Waals surface area contributed by atoms with Gasteiger partial charge in [0.25, 0.3) is 5.56 Å². The summed E-state index contributed by atoms with van der Waals surface area (Å²) < 4.78 is 6.93. The highest BCUT2D eigenvalue weighted by Gasteiger charge is 2.58. The molecule has 2 rings (SSSR count). The Morgan fingerprint density at radius 3 is 2.70 bits per heavy atom. The minimum atomic E-state index is -0.214. The Balaban J connectivity index is 1.98. The minimum Gasteiger partial charge on any atom is -0.378 e. The minimum absolute atomic E-state index is 0.0515. The number of nitrogens with one attached hydrogen (secondary N) is 1. The third-order valence-electron chi connectivity index (χ3n) is 4.83. The van der Waals surface area contributed by atoms with Gasteiger partial charge in [-0.3, -0.25) is 9.59 Å². The monoisotopic (exact) mass is 278 g/mol. The maximum Gasteiger partial charge on any atom is 0.250 e. The number of methoxy groups -OCH3 is 1. The number of carbonyl (C=O) groups excluding carboxylic acids is 1. The predicted octanol–water partition coefficient (Wildman–Crippen LogP) is 1.17. The zero-order valence-corrected chi connectivity index (χ0v) is 12.5. The van der Waals surface area contributed by atoms with E-state index in [4.69, 9.17) is 4.74 Å². The van der Waals surface area contributed by atoms with Gasteiger partial charge in [0.15, 0.2) is 0 Å². The topological polar surface area (TPSA) is 60.3 Å². The molecule has 1 aromatic rings. The summed E-state index contributed by atoms with van der Waals surface area (Å²) in [6.45, 7) is 6.27. The van der Waals surface area contributed by atoms with E-state index < -0.39 is 0 Å². The Bertz CT molecular complexity index is 564. The number of nitrogens with zero attached hydrogens (tertiary/aromatic N) is 1. The van der Waals surface area contributed by atoms with E-state index in [1.807, 2.05) is 0 Å². The molecule has 0 radical (unpaired) electrons. The summed E-state index contributed by atoms with van der Waals surface area (Å²) in [6, 6.07) is 4.92. The summed E-state index contributed by atoms with van der Waals surface area (Å²) in [7, 11) is 1.70. The first kappa shape index (κ1) is 14.8. The van der Waals surface area contributed by atoms with Crippen LogP contribution in [-0.2, 0) is 16.1 Å². The molecular formula is C15H22N2O3. The molecule has 0 saturated heterocycles. The standard InChI is InChI=1S/C15H22N2O3/c1-14(2)11(9-15(14,3)20-4)16-12(18)10-17-8-6-5-7-13(17)19/h5-8,11H,9-10H2,1-4H3,(H,16,18)/t11-,15-/m1/s1. The van der Waals surface area contributed by atoms with E-state index in [2.05, 4.69) is 26.1 Å². The Hall–Kier alpha value is -1.62. The molecule has 2 atom stereocenters. The molecule has 1 saturated carbocycles. The van der Waals surface area contributed by atoms with Crippen LogP contribution in [0.4, 0.5) is 0 Å². The van der Waals surface area contributed by atoms with Crippen molar-refractivity contribution < 1.29 is 9.53 Å². The van der Waals surface area contributed by atoms with Crippen molar-refractivity contribution in [2.24, 2.45) is 5.41 Å². The van der Waals surface area contributed by atoms with Crippen LogP contribution in [-0.4, -0.2) is 29.2 Å². The van der Waals surface area contributed by atoms with E-state index in [1.165, 1.54) is 10.6 Å². The van der Waals surface area contributed by atoms with Crippen LogP contribution in [0.25, 0.3) is 0 Å². The molecule has 1 aromatic heterocycles. The first-order valence-electron chi connectivity index (χ1n) is 6.80. The Labute approximate surface area is 118 Å². The molecule has 5 heteroatoms. The number of carbonyl (C=O) groups is 1. The normalized spacial score (nSPS) is 27.7. The molecule has 1 fully saturated rings. The van der Waals surface area contributed by atoms with Gasteiger partial charge < -0.3 is 14.6 Å². The van der Waals surface area contributed by atoms with Crippen LogP contribution >= 0.6 is 0 Å². The molecule has 1 aliphatic rings. The number of pyridine rings is 1. The zero-order valence-electron chi connectivity index (χ0n) is 12.5. The third-order valence-corrected chi connectivity index (χ3v) is 4.83. The number of hydrogen-bond acceptors (Lipinski definition) is 3. The van der Waals surface area contributed by atoms with Gasteiger partial charge in [-0.05, 0) is 19.4 Å². The van der Waals surface area contributed by atoms with Gasteiger partial charge in [-0.2, -0.15) is 0 Å². The maximum absolute atomic E-state index is 12.0. The van der Waals surface area contributed by atoms with Crippen molar-refractivity contribution in [2.75, 3.05) is 7.11 Å². The lowest BCUT2D eigenvalue weighted by Crippen LogP contribution is -2.68. The average Bonchev–Trinajstić information content (AvgIpc) is 2.40. The highest BCUT2D eigenvalue weighted by Crippen LogP contribution is 2.51. The van der Waals surface area contributed by atoms with Crippen molar-refractivity contribution in [2.45, 2.75) is 45.4 Å². The van der Waals surface area contributed by atoms with Crippen LogP contribution in [0.2, 0.25) is 0 Å². The zero-order chi connectivity index (χ0) is 15.0. The fraction of sp³-hybridized carbons (Fsp3) is 0.600. The fourth-order valence-corrected chi connectivity index (χ4v) is 2.71. The lowest BCUT2D eigenvalue weighted by atomic mass is 9.56. The van der Waals surface area contributed by atoms with E-state index in [0.29, 0.717) is 0 Å². The van der Waals surface area contributed by atoms with Crippen LogP contribution in [0, 0.1) is 5.41 Å². The summed E-state index contributed by atoms with van der Waals surface area (Å²) in [6.07, 6.45) is 2.40. The number of aromatic nitrogens is 1. The van der Waals surface area contributed by atoms with Crippen molar-refractivity contribution in [3.63, 3.8) is 0 Å². The summed E-state index contributed by atoms with van der Waals surface area (Å²) in [5.74, 6) is -0.144. The SMILES string of the molecule is CO[C@]1(C)C[C@@H](NC(=O)Cn2ccccc2=O)C1(C)C. The van der Waals surface area contributed by atoms with E-state index in [9.17, 15) is 9.59 Å². The van der Waals surface area contributed by atoms with E-state index in [-0.39, 0.29) is 35.1 Å². The Kier molecular flexibility index (Phi) is 3.73. The molecule has 1 aliphatic carbocycles. The fourth-order valence-electron chi connectivity index (χ4n) is 2.71. The summed E-state index contributed by atoms with van der Waals surface area (Å²) >= 11 is 0. The molecule has 20 heavy (non-hydrogen) atoms. The molecule has 1 amide bonds. The van der Waals surface area contributed by atoms with Gasteiger partial charge in [-0.15, -0.1) is 0 Å². The molecule has 5 nitrogen and oxygen atoms in total. The maximum atomic E-state index is 12.0. The van der Waals surface area contributed by atoms with Crippen molar-refractivity contribution in [1.82, 2.24) is 9.88 Å². The largest absolute Gasteiger partial charge is 0.378 e. The second-order valence-electron chi connectivity index (χ2n) is 6.15. The molecule has 1 heterocycles. The highest BCUT2D eigenvalue weighted by molar-refractivity contribution is 5.76. The molecular weight excluding hydrogens is 256 g/mol. The van der Waals surface area contributed by atoms with E-state index in [1.54, 1.807) is 25.4 Å². The van der Waals surface area contributed by atoms with E-state index in [0.717, 1.165) is 6.42 Å². The lowest BCUT2D eigenvalue weighted by Gasteiger charge is -2.59. The van der Waals surface area contributed by atoms with Crippen molar-refractivity contribution in [1.29, 1.82) is 0 Å². The lowest BCUT2D eigenvalue weighted by molar-refractivity contribution is -0.182. The first-order valence-corrected chi connectivity index (χ1v) is 6.80. The van der Waals surface area contributed by atoms with Crippen molar-refractivity contribution in [3.05, 3.63) is 34.7 Å². The van der Waals surface area contributed by atoms with Gasteiger partial charge in [0.2, 0.25) is 5.91 Å². The van der Waals surface area contributed by atoms with Gasteiger partial charge in [0.05, 0.1) is 5.60 Å². The van der Waals surface area contributed by atoms with Crippen LogP contribution < -0.4 is 10.9 Å². The Morgan fingerprint density at radius 1 is 1.45 bits per heavy atom. The van der Waals surface area contributed by atoms with Crippen LogP contribution in [0.1, 0.15) is 27.2 Å². The van der Waals surface area contributed by atoms with Gasteiger partial charge in [0, 0.05) is 30.8 Å². The second-order valence-corrected chi connectivity index (χ2v) is 6.15. The van der Waals surface area contributed by atoms with Gasteiger partial charge in [0.1, 0.15) is 6.54 Å². The van der Waals surface area contributed by atoms with Crippen molar-refractivity contribution in [3.8, 4) is 0 Å². The van der Waals surface area contributed by atoms with Gasteiger partial charge >= 0.3 is 0 Å². The van der Waals surface area contributed by atoms with Crippen LogP contribution in [0.5, 0.6) is 0 Å². The summed E-state index contributed by atoms with van der Waals surface area (Å²) in [4.78, 5) is 23.6. The van der Waals surface area contributed by atoms with Gasteiger partial charge in [-0.25, -0.2) is 0 Å². The number of rotatable bonds is 4. The predicted molar refractivity (Wildman–Crippen MR) is 76.4 cm³/mol. The number of hydrogen-bond donors (Lipinski definition) is 1. The molecule has 1 N–H and O–H groups in total. The van der Waals surface area contributed by atoms with Gasteiger partial charge in [-0.1, -0.05) is 19.9 Å². The summed E-state index contributed by atoms with van der Waals surface area (Å²) in [5.41, 5.74) is -0.509. The third kappa shape index (κ3) is 2.38. The van der Waals surface area contributed by atoms with Crippen LogP contribution in [0.15, 0.2) is 29.2 Å². The number of ether oxygens (including phenoxy) is 1. The highest BCUT2D eigenvalue weighted by atomic mass is 16.5. The van der Waals surface area contributed by atoms with Crippen molar-refractivity contribution >= 4 is 5.91 Å². The second kappa shape index (κ2) is 5.05. The summed E-state index contributed by atoms with van der Waals surface area (Å²) in [5, 5.41) is 2.99. The van der Waals surface area contributed by atoms with Crippen LogP contribution in [0.3, 0.4) is 0 Å². The first-order chi connectivity index (χ1) is 9.30. The molecule has 0 spiro atoms. The van der Waals surface area contributed by atoms with E-state index >= 15 is 0 Å². The smallest absolute Gasteiger partial charge is 0.250 e. The Morgan fingerprint density at radius 2 is 2.15 bits per heavy atom. The molecule has 0 aliphatic heterocycles. The quantitative estimate of drug-likeness (QED) is 0.899. The molecule has 0 bridgehead atoms. The number of amides is 1.